The van der Waals surface area contributed by atoms with Gasteiger partial charge >= 0.3 is 0 Å². The van der Waals surface area contributed by atoms with Gasteiger partial charge in [0.15, 0.2) is 11.3 Å². The van der Waals surface area contributed by atoms with Gasteiger partial charge in [0, 0.05) is 44.2 Å². The van der Waals surface area contributed by atoms with Crippen LogP contribution in [0.1, 0.15) is 12.8 Å². The van der Waals surface area contributed by atoms with E-state index in [4.69, 9.17) is 16.3 Å². The number of pyridine rings is 1. The minimum atomic E-state index is 0.212. The van der Waals surface area contributed by atoms with Gasteiger partial charge in [-0.25, -0.2) is 9.67 Å². The van der Waals surface area contributed by atoms with Crippen LogP contribution in [0.3, 0.4) is 0 Å². The summed E-state index contributed by atoms with van der Waals surface area (Å²) in [5.74, 6) is 1.78. The number of halogens is 1. The number of nitrogens with zero attached hydrogens (tertiary/aromatic N) is 5. The van der Waals surface area contributed by atoms with Gasteiger partial charge < -0.3 is 9.64 Å². The average Bonchev–Trinajstić information content (AvgIpc) is 2.99. The molecule has 0 unspecified atom stereocenters. The SMILES string of the molecule is Cn1nnc2c(N3CCC(Oc4ccc(Cl)cc4)CC3)nccc21. The van der Waals surface area contributed by atoms with Gasteiger partial charge in [-0.05, 0) is 30.3 Å². The highest BCUT2D eigenvalue weighted by Crippen LogP contribution is 2.26. The summed E-state index contributed by atoms with van der Waals surface area (Å²) in [5, 5.41) is 9.07. The molecule has 0 saturated carbocycles. The lowest BCUT2D eigenvalue weighted by Crippen LogP contribution is -2.38. The maximum atomic E-state index is 6.05. The summed E-state index contributed by atoms with van der Waals surface area (Å²) in [4.78, 5) is 6.78. The lowest BCUT2D eigenvalue weighted by Gasteiger charge is -2.32. The predicted octanol–water partition coefficient (Wildman–Crippen LogP) is 3.06. The summed E-state index contributed by atoms with van der Waals surface area (Å²) < 4.78 is 7.82. The Morgan fingerprint density at radius 1 is 1.12 bits per heavy atom. The monoisotopic (exact) mass is 343 g/mol. The minimum Gasteiger partial charge on any atom is -0.490 e. The fourth-order valence-electron chi connectivity index (χ4n) is 3.07. The second kappa shape index (κ2) is 6.28. The zero-order chi connectivity index (χ0) is 16.5. The van der Waals surface area contributed by atoms with E-state index < -0.39 is 0 Å². The third-order valence-corrected chi connectivity index (χ3v) is 4.62. The van der Waals surface area contributed by atoms with E-state index in [1.54, 1.807) is 4.68 Å². The number of hydrogen-bond donors (Lipinski definition) is 0. The third kappa shape index (κ3) is 2.89. The fourth-order valence-corrected chi connectivity index (χ4v) is 3.20. The van der Waals surface area contributed by atoms with E-state index >= 15 is 0 Å². The van der Waals surface area contributed by atoms with E-state index in [2.05, 4.69) is 20.2 Å². The highest BCUT2D eigenvalue weighted by atomic mass is 35.5. The van der Waals surface area contributed by atoms with Crippen molar-refractivity contribution in [2.75, 3.05) is 18.0 Å². The first-order valence-corrected chi connectivity index (χ1v) is 8.40. The Morgan fingerprint density at radius 2 is 1.88 bits per heavy atom. The number of fused-ring (bicyclic) bond motifs is 1. The van der Waals surface area contributed by atoms with Gasteiger partial charge in [-0.1, -0.05) is 16.8 Å². The molecule has 1 aliphatic heterocycles. The lowest BCUT2D eigenvalue weighted by atomic mass is 10.1. The van der Waals surface area contributed by atoms with Crippen molar-refractivity contribution in [3.05, 3.63) is 41.6 Å². The number of benzene rings is 1. The highest BCUT2D eigenvalue weighted by molar-refractivity contribution is 6.30. The number of piperidine rings is 1. The van der Waals surface area contributed by atoms with Gasteiger partial charge in [-0.2, -0.15) is 0 Å². The Labute approximate surface area is 145 Å². The number of ether oxygens (including phenoxy) is 1. The summed E-state index contributed by atoms with van der Waals surface area (Å²) in [6.45, 7) is 1.78. The van der Waals surface area contributed by atoms with Gasteiger partial charge in [0.1, 0.15) is 11.9 Å². The molecule has 1 aliphatic rings. The molecule has 0 amide bonds. The number of aromatic nitrogens is 4. The molecule has 0 spiro atoms. The lowest BCUT2D eigenvalue weighted by molar-refractivity contribution is 0.171. The van der Waals surface area contributed by atoms with Gasteiger partial charge in [-0.15, -0.1) is 5.10 Å². The molecule has 0 aliphatic carbocycles. The fraction of sp³-hybridized carbons (Fsp3) is 0.353. The topological polar surface area (TPSA) is 56.1 Å². The van der Waals surface area contributed by atoms with Crippen LogP contribution in [0, 0.1) is 0 Å². The predicted molar refractivity (Wildman–Crippen MR) is 93.6 cm³/mol. The Hall–Kier alpha value is -2.34. The van der Waals surface area contributed by atoms with Gasteiger partial charge in [0.05, 0.1) is 5.52 Å². The molecular weight excluding hydrogens is 326 g/mol. The van der Waals surface area contributed by atoms with E-state index in [-0.39, 0.29) is 6.10 Å². The molecule has 1 saturated heterocycles. The van der Waals surface area contributed by atoms with Crippen LogP contribution in [0.25, 0.3) is 11.0 Å². The second-order valence-electron chi connectivity index (χ2n) is 5.97. The van der Waals surface area contributed by atoms with Crippen molar-refractivity contribution in [1.29, 1.82) is 0 Å². The summed E-state index contributed by atoms with van der Waals surface area (Å²) in [7, 11) is 1.89. The van der Waals surface area contributed by atoms with Crippen molar-refractivity contribution < 1.29 is 4.74 Å². The van der Waals surface area contributed by atoms with Crippen LogP contribution in [0.2, 0.25) is 5.02 Å². The average molecular weight is 344 g/mol. The molecule has 1 fully saturated rings. The zero-order valence-electron chi connectivity index (χ0n) is 13.4. The maximum absolute atomic E-state index is 6.05. The van der Waals surface area contributed by atoms with Crippen LogP contribution in [0.5, 0.6) is 5.75 Å². The van der Waals surface area contributed by atoms with E-state index in [1.807, 2.05) is 43.6 Å². The first kappa shape index (κ1) is 15.2. The molecule has 1 aromatic carbocycles. The van der Waals surface area contributed by atoms with Gasteiger partial charge in [0.25, 0.3) is 0 Å². The molecule has 7 heteroatoms. The Morgan fingerprint density at radius 3 is 2.62 bits per heavy atom. The van der Waals surface area contributed by atoms with Crippen LogP contribution in [-0.2, 0) is 7.05 Å². The molecule has 24 heavy (non-hydrogen) atoms. The second-order valence-corrected chi connectivity index (χ2v) is 6.41. The van der Waals surface area contributed by atoms with E-state index in [9.17, 15) is 0 Å². The molecular formula is C17H18ClN5O. The largest absolute Gasteiger partial charge is 0.490 e. The molecule has 2 aromatic heterocycles. The Bertz CT molecular complexity index is 840. The molecule has 0 N–H and O–H groups in total. The summed E-state index contributed by atoms with van der Waals surface area (Å²) in [5.41, 5.74) is 1.86. The quantitative estimate of drug-likeness (QED) is 0.731. The highest BCUT2D eigenvalue weighted by Gasteiger charge is 2.23. The van der Waals surface area contributed by atoms with Crippen molar-refractivity contribution in [3.63, 3.8) is 0 Å². The Balaban J connectivity index is 1.44. The Kier molecular flexibility index (Phi) is 3.98. The van der Waals surface area contributed by atoms with Gasteiger partial charge in [-0.3, -0.25) is 0 Å². The first-order chi connectivity index (χ1) is 11.7. The van der Waals surface area contributed by atoms with Crippen LogP contribution in [0.4, 0.5) is 5.82 Å². The summed E-state index contributed by atoms with van der Waals surface area (Å²) in [6.07, 6.45) is 3.92. The zero-order valence-corrected chi connectivity index (χ0v) is 14.1. The first-order valence-electron chi connectivity index (χ1n) is 8.02. The van der Waals surface area contributed by atoms with Crippen LogP contribution in [-0.4, -0.2) is 39.2 Å². The van der Waals surface area contributed by atoms with Crippen LogP contribution >= 0.6 is 11.6 Å². The molecule has 4 rings (SSSR count). The number of anilines is 1. The number of hydrogen-bond acceptors (Lipinski definition) is 5. The van der Waals surface area contributed by atoms with Crippen LogP contribution in [0.15, 0.2) is 36.5 Å². The maximum Gasteiger partial charge on any atom is 0.158 e. The molecule has 3 heterocycles. The molecule has 0 radical (unpaired) electrons. The molecule has 0 bridgehead atoms. The number of rotatable bonds is 3. The minimum absolute atomic E-state index is 0.212. The van der Waals surface area contributed by atoms with Crippen molar-refractivity contribution in [3.8, 4) is 5.75 Å². The molecule has 3 aromatic rings. The van der Waals surface area contributed by atoms with Crippen LogP contribution < -0.4 is 9.64 Å². The van der Waals surface area contributed by atoms with Crippen molar-refractivity contribution in [2.24, 2.45) is 7.05 Å². The summed E-state index contributed by atoms with van der Waals surface area (Å²) in [6, 6.07) is 9.47. The normalized spacial score (nSPS) is 15.8. The summed E-state index contributed by atoms with van der Waals surface area (Å²) >= 11 is 5.91. The van der Waals surface area contributed by atoms with E-state index in [1.165, 1.54) is 0 Å². The van der Waals surface area contributed by atoms with E-state index in [0.29, 0.717) is 0 Å². The molecule has 6 nitrogen and oxygen atoms in total. The third-order valence-electron chi connectivity index (χ3n) is 4.37. The molecule has 124 valence electrons. The van der Waals surface area contributed by atoms with E-state index in [0.717, 1.165) is 53.6 Å². The van der Waals surface area contributed by atoms with Crippen molar-refractivity contribution >= 4 is 28.5 Å². The van der Waals surface area contributed by atoms with Crippen molar-refractivity contribution in [1.82, 2.24) is 20.0 Å². The van der Waals surface area contributed by atoms with Crippen molar-refractivity contribution in [2.45, 2.75) is 18.9 Å². The molecule has 0 atom stereocenters. The smallest absolute Gasteiger partial charge is 0.158 e. The van der Waals surface area contributed by atoms with Gasteiger partial charge in [0.2, 0.25) is 0 Å². The standard InChI is InChI=1S/C17H18ClN5O/c1-22-15-6-9-19-17(16(15)20-21-22)23-10-7-14(8-11-23)24-13-4-2-12(18)3-5-13/h2-6,9,14H,7-8,10-11H2,1H3. The number of aryl methyl sites for hydroxylation is 1.